The van der Waals surface area contributed by atoms with Crippen molar-refractivity contribution >= 4 is 16.9 Å². The van der Waals surface area contributed by atoms with Crippen LogP contribution in [-0.2, 0) is 13.1 Å². The predicted octanol–water partition coefficient (Wildman–Crippen LogP) is 2.57. The van der Waals surface area contributed by atoms with E-state index in [1.54, 1.807) is 12.4 Å². The highest BCUT2D eigenvalue weighted by Gasteiger charge is 2.06. The molecular formula is C18H21N5O. The van der Waals surface area contributed by atoms with E-state index in [0.29, 0.717) is 19.0 Å². The van der Waals surface area contributed by atoms with E-state index in [1.165, 1.54) is 0 Å². The van der Waals surface area contributed by atoms with Gasteiger partial charge >= 0.3 is 6.03 Å². The zero-order chi connectivity index (χ0) is 16.8. The third-order valence-corrected chi connectivity index (χ3v) is 3.79. The molecule has 0 spiro atoms. The second-order valence-corrected chi connectivity index (χ2v) is 5.93. The molecule has 0 saturated heterocycles. The lowest BCUT2D eigenvalue weighted by atomic mass is 10.1. The fourth-order valence-corrected chi connectivity index (χ4v) is 2.54. The summed E-state index contributed by atoms with van der Waals surface area (Å²) >= 11 is 0. The molecule has 2 amide bonds. The van der Waals surface area contributed by atoms with E-state index in [9.17, 15) is 4.79 Å². The first-order valence-corrected chi connectivity index (χ1v) is 8.03. The Hall–Kier alpha value is -2.89. The molecule has 1 atom stereocenters. The van der Waals surface area contributed by atoms with Crippen molar-refractivity contribution in [2.75, 3.05) is 6.54 Å². The average molecular weight is 323 g/mol. The van der Waals surface area contributed by atoms with Crippen LogP contribution in [0, 0.1) is 5.92 Å². The number of nitrogens with zero attached hydrogens (tertiary/aromatic N) is 3. The highest BCUT2D eigenvalue weighted by molar-refractivity contribution is 5.79. The van der Waals surface area contributed by atoms with Crippen LogP contribution >= 0.6 is 0 Å². The molecule has 0 aliphatic heterocycles. The minimum atomic E-state index is -0.159. The molecule has 6 heteroatoms. The predicted molar refractivity (Wildman–Crippen MR) is 93.4 cm³/mol. The van der Waals surface area contributed by atoms with Gasteiger partial charge in [-0.25, -0.2) is 4.79 Å². The van der Waals surface area contributed by atoms with Gasteiger partial charge in [-0.15, -0.1) is 0 Å². The zero-order valence-electron chi connectivity index (χ0n) is 13.6. The SMILES string of the molecule is CC(CNC(=O)NCc1ccc2ncccc2c1)Cn1cccn1. The van der Waals surface area contributed by atoms with Crippen LogP contribution in [0.25, 0.3) is 10.9 Å². The molecule has 124 valence electrons. The minimum absolute atomic E-state index is 0.159. The van der Waals surface area contributed by atoms with Gasteiger partial charge in [0.2, 0.25) is 0 Å². The minimum Gasteiger partial charge on any atom is -0.338 e. The summed E-state index contributed by atoms with van der Waals surface area (Å²) in [4.78, 5) is 16.2. The van der Waals surface area contributed by atoms with Crippen molar-refractivity contribution in [3.8, 4) is 0 Å². The van der Waals surface area contributed by atoms with Gasteiger partial charge in [0.25, 0.3) is 0 Å². The van der Waals surface area contributed by atoms with Gasteiger partial charge in [0.1, 0.15) is 0 Å². The van der Waals surface area contributed by atoms with Gasteiger partial charge in [0.15, 0.2) is 0 Å². The number of nitrogens with one attached hydrogen (secondary N) is 2. The van der Waals surface area contributed by atoms with Crippen molar-refractivity contribution in [3.05, 3.63) is 60.6 Å². The second-order valence-electron chi connectivity index (χ2n) is 5.93. The lowest BCUT2D eigenvalue weighted by Gasteiger charge is -2.13. The van der Waals surface area contributed by atoms with E-state index < -0.39 is 0 Å². The maximum Gasteiger partial charge on any atom is 0.315 e. The summed E-state index contributed by atoms with van der Waals surface area (Å²) in [5.41, 5.74) is 2.01. The van der Waals surface area contributed by atoms with Crippen LogP contribution in [0.15, 0.2) is 55.0 Å². The van der Waals surface area contributed by atoms with Crippen LogP contribution in [0.5, 0.6) is 0 Å². The molecule has 0 saturated carbocycles. The van der Waals surface area contributed by atoms with Gasteiger partial charge in [-0.1, -0.05) is 19.1 Å². The smallest absolute Gasteiger partial charge is 0.315 e. The molecule has 0 aliphatic rings. The summed E-state index contributed by atoms with van der Waals surface area (Å²) in [6.45, 7) is 3.96. The number of fused-ring (bicyclic) bond motifs is 1. The Labute approximate surface area is 140 Å². The van der Waals surface area contributed by atoms with Gasteiger partial charge in [0.05, 0.1) is 5.52 Å². The second kappa shape index (κ2) is 7.59. The number of amides is 2. The van der Waals surface area contributed by atoms with Crippen molar-refractivity contribution in [1.29, 1.82) is 0 Å². The lowest BCUT2D eigenvalue weighted by Crippen LogP contribution is -2.38. The monoisotopic (exact) mass is 323 g/mol. The number of rotatable bonds is 6. The average Bonchev–Trinajstić information content (AvgIpc) is 3.11. The topological polar surface area (TPSA) is 71.8 Å². The number of hydrogen-bond acceptors (Lipinski definition) is 3. The molecule has 1 unspecified atom stereocenters. The van der Waals surface area contributed by atoms with Crippen molar-refractivity contribution < 1.29 is 4.79 Å². The van der Waals surface area contributed by atoms with Gasteiger partial charge in [-0.2, -0.15) is 5.10 Å². The Morgan fingerprint density at radius 2 is 2.12 bits per heavy atom. The van der Waals surface area contributed by atoms with E-state index in [2.05, 4.69) is 27.6 Å². The quantitative estimate of drug-likeness (QED) is 0.732. The zero-order valence-corrected chi connectivity index (χ0v) is 13.6. The normalized spacial score (nSPS) is 12.0. The molecule has 6 nitrogen and oxygen atoms in total. The van der Waals surface area contributed by atoms with Gasteiger partial charge in [-0.3, -0.25) is 9.67 Å². The van der Waals surface area contributed by atoms with Crippen LogP contribution in [-0.4, -0.2) is 27.3 Å². The Kier molecular flexibility index (Phi) is 5.05. The molecule has 1 aromatic carbocycles. The maximum absolute atomic E-state index is 11.9. The maximum atomic E-state index is 11.9. The van der Waals surface area contributed by atoms with E-state index in [-0.39, 0.29) is 6.03 Å². The summed E-state index contributed by atoms with van der Waals surface area (Å²) in [5, 5.41) is 11.0. The summed E-state index contributed by atoms with van der Waals surface area (Å²) in [6, 6.07) is 11.7. The van der Waals surface area contributed by atoms with Crippen LogP contribution < -0.4 is 10.6 Å². The molecule has 0 fully saturated rings. The summed E-state index contributed by atoms with van der Waals surface area (Å²) in [6.07, 6.45) is 5.45. The molecule has 0 aliphatic carbocycles. The largest absolute Gasteiger partial charge is 0.338 e. The van der Waals surface area contributed by atoms with Gasteiger partial charge in [0, 0.05) is 43.6 Å². The van der Waals surface area contributed by atoms with Crippen LogP contribution in [0.3, 0.4) is 0 Å². The first-order chi connectivity index (χ1) is 11.7. The molecule has 24 heavy (non-hydrogen) atoms. The van der Waals surface area contributed by atoms with Crippen molar-refractivity contribution in [2.45, 2.75) is 20.0 Å². The molecule has 0 bridgehead atoms. The lowest BCUT2D eigenvalue weighted by molar-refractivity contribution is 0.238. The number of pyridine rings is 1. The molecule has 2 aromatic heterocycles. The van der Waals surface area contributed by atoms with Crippen LogP contribution in [0.1, 0.15) is 12.5 Å². The number of hydrogen-bond donors (Lipinski definition) is 2. The number of urea groups is 1. The van der Waals surface area contributed by atoms with Gasteiger partial charge < -0.3 is 10.6 Å². The van der Waals surface area contributed by atoms with Crippen LogP contribution in [0.4, 0.5) is 4.79 Å². The number of aromatic nitrogens is 3. The molecule has 2 heterocycles. The number of carbonyl (C=O) groups is 1. The summed E-state index contributed by atoms with van der Waals surface area (Å²) < 4.78 is 1.87. The number of carbonyl (C=O) groups excluding carboxylic acids is 1. The standard InChI is InChI=1S/C18H21N5O/c1-14(13-23-9-3-8-22-23)11-20-18(24)21-12-15-5-6-17-16(10-15)4-2-7-19-17/h2-10,14H,11-13H2,1H3,(H2,20,21,24). The number of benzene rings is 1. The molecule has 3 aromatic rings. The molecule has 2 N–H and O–H groups in total. The van der Waals surface area contributed by atoms with Gasteiger partial charge in [-0.05, 0) is 35.7 Å². The van der Waals surface area contributed by atoms with Crippen molar-refractivity contribution in [2.24, 2.45) is 5.92 Å². The Balaban J connectivity index is 1.44. The van der Waals surface area contributed by atoms with Crippen molar-refractivity contribution in [3.63, 3.8) is 0 Å². The first-order valence-electron chi connectivity index (χ1n) is 8.03. The van der Waals surface area contributed by atoms with E-state index in [4.69, 9.17) is 0 Å². The Morgan fingerprint density at radius 1 is 1.21 bits per heavy atom. The van der Waals surface area contributed by atoms with E-state index in [0.717, 1.165) is 23.0 Å². The highest BCUT2D eigenvalue weighted by atomic mass is 16.2. The fraction of sp³-hybridized carbons (Fsp3) is 0.278. The van der Waals surface area contributed by atoms with E-state index in [1.807, 2.05) is 47.3 Å². The van der Waals surface area contributed by atoms with Crippen molar-refractivity contribution in [1.82, 2.24) is 25.4 Å². The molecular weight excluding hydrogens is 302 g/mol. The highest BCUT2D eigenvalue weighted by Crippen LogP contribution is 2.13. The summed E-state index contributed by atoms with van der Waals surface area (Å²) in [5.74, 6) is 0.308. The fourth-order valence-electron chi connectivity index (χ4n) is 2.54. The van der Waals surface area contributed by atoms with E-state index >= 15 is 0 Å². The summed E-state index contributed by atoms with van der Waals surface area (Å²) in [7, 11) is 0. The Bertz CT molecular complexity index is 800. The third kappa shape index (κ3) is 4.32. The Morgan fingerprint density at radius 3 is 2.96 bits per heavy atom. The first kappa shape index (κ1) is 16.0. The molecule has 0 radical (unpaired) electrons. The van der Waals surface area contributed by atoms with Crippen LogP contribution in [0.2, 0.25) is 0 Å². The third-order valence-electron chi connectivity index (χ3n) is 3.79. The molecule has 3 rings (SSSR count).